The number of nitro groups is 1. The Morgan fingerprint density at radius 1 is 1.36 bits per heavy atom. The van der Waals surface area contributed by atoms with Crippen LogP contribution < -0.4 is 20.1 Å². The van der Waals surface area contributed by atoms with E-state index in [1.54, 1.807) is 17.0 Å². The van der Waals surface area contributed by atoms with Gasteiger partial charge in [0.1, 0.15) is 23.8 Å². The maximum Gasteiger partial charge on any atom is 0.329 e. The lowest BCUT2D eigenvalue weighted by Gasteiger charge is -2.33. The van der Waals surface area contributed by atoms with Crippen molar-refractivity contribution in [2.75, 3.05) is 31.4 Å². The van der Waals surface area contributed by atoms with Crippen LogP contribution in [-0.4, -0.2) is 40.8 Å². The third-order valence-electron chi connectivity index (χ3n) is 4.05. The Morgan fingerprint density at radius 2 is 2.04 bits per heavy atom. The van der Waals surface area contributed by atoms with Gasteiger partial charge in [-0.25, -0.2) is 4.98 Å². The highest BCUT2D eigenvalue weighted by Crippen LogP contribution is 2.40. The van der Waals surface area contributed by atoms with Gasteiger partial charge >= 0.3 is 5.69 Å². The molecule has 10 nitrogen and oxygen atoms in total. The quantitative estimate of drug-likeness (QED) is 0.613. The smallest absolute Gasteiger partial charge is 0.329 e. The number of benzene rings is 1. The standard InChI is InChI=1S/C15H17N5O5/c1-24-11-3-4-12(25-2)13-8(11)6-19(7-10(13)21)15-17-5-9(20(22)23)14(16)18-15/h3-5,10,21H,6-7H2,1-2H3,(H2,16,17,18)/t10-/m0/s1. The summed E-state index contributed by atoms with van der Waals surface area (Å²) in [5, 5.41) is 21.4. The summed E-state index contributed by atoms with van der Waals surface area (Å²) in [4.78, 5) is 19.9. The summed E-state index contributed by atoms with van der Waals surface area (Å²) < 4.78 is 10.7. The molecular formula is C15H17N5O5. The maximum atomic E-state index is 10.8. The van der Waals surface area contributed by atoms with Crippen LogP contribution in [0, 0.1) is 10.1 Å². The van der Waals surface area contributed by atoms with Gasteiger partial charge in [0.15, 0.2) is 0 Å². The number of anilines is 2. The number of aliphatic hydroxyl groups is 1. The molecule has 0 amide bonds. The van der Waals surface area contributed by atoms with Crippen LogP contribution >= 0.6 is 0 Å². The minimum absolute atomic E-state index is 0.188. The molecule has 0 unspecified atom stereocenters. The van der Waals surface area contributed by atoms with Crippen LogP contribution in [-0.2, 0) is 6.54 Å². The van der Waals surface area contributed by atoms with Gasteiger partial charge in [0.05, 0.1) is 32.2 Å². The zero-order valence-electron chi connectivity index (χ0n) is 13.7. The molecule has 1 atom stereocenters. The minimum atomic E-state index is -0.867. The summed E-state index contributed by atoms with van der Waals surface area (Å²) in [5.41, 5.74) is 6.66. The van der Waals surface area contributed by atoms with Crippen LogP contribution in [0.3, 0.4) is 0 Å². The van der Waals surface area contributed by atoms with E-state index in [2.05, 4.69) is 9.97 Å². The molecule has 10 heteroatoms. The number of nitrogen functional groups attached to an aromatic ring is 1. The molecule has 0 spiro atoms. The van der Waals surface area contributed by atoms with Gasteiger partial charge in [0, 0.05) is 11.1 Å². The van der Waals surface area contributed by atoms with Gasteiger partial charge in [-0.1, -0.05) is 0 Å². The van der Waals surface area contributed by atoms with Crippen molar-refractivity contribution in [2.24, 2.45) is 0 Å². The highest BCUT2D eigenvalue weighted by atomic mass is 16.6. The van der Waals surface area contributed by atoms with Crippen LogP contribution in [0.5, 0.6) is 11.5 Å². The Hall–Kier alpha value is -3.14. The van der Waals surface area contributed by atoms with Crippen molar-refractivity contribution in [1.29, 1.82) is 0 Å². The van der Waals surface area contributed by atoms with Gasteiger partial charge < -0.3 is 25.2 Å². The minimum Gasteiger partial charge on any atom is -0.496 e. The molecule has 0 radical (unpaired) electrons. The molecule has 2 aromatic rings. The first-order chi connectivity index (χ1) is 12.0. The summed E-state index contributed by atoms with van der Waals surface area (Å²) in [6.45, 7) is 0.526. The summed E-state index contributed by atoms with van der Waals surface area (Å²) >= 11 is 0. The van der Waals surface area contributed by atoms with Crippen molar-refractivity contribution in [1.82, 2.24) is 9.97 Å². The third kappa shape index (κ3) is 2.87. The molecule has 132 valence electrons. The molecule has 2 heterocycles. The lowest BCUT2D eigenvalue weighted by Crippen LogP contribution is -2.35. The first-order valence-corrected chi connectivity index (χ1v) is 7.40. The van der Waals surface area contributed by atoms with Crippen molar-refractivity contribution < 1.29 is 19.5 Å². The molecule has 1 aliphatic heterocycles. The second-order valence-corrected chi connectivity index (χ2v) is 5.46. The van der Waals surface area contributed by atoms with Crippen LogP contribution in [0.1, 0.15) is 17.2 Å². The number of nitrogens with two attached hydrogens (primary N) is 1. The van der Waals surface area contributed by atoms with E-state index in [9.17, 15) is 15.2 Å². The van der Waals surface area contributed by atoms with Crippen molar-refractivity contribution in [2.45, 2.75) is 12.6 Å². The Kier molecular flexibility index (Phi) is 4.28. The number of hydrogen-bond acceptors (Lipinski definition) is 9. The monoisotopic (exact) mass is 347 g/mol. The second kappa shape index (κ2) is 6.40. The number of methoxy groups -OCH3 is 2. The highest BCUT2D eigenvalue weighted by Gasteiger charge is 2.31. The summed E-state index contributed by atoms with van der Waals surface area (Å²) in [6.07, 6.45) is 0.191. The fourth-order valence-electron chi connectivity index (χ4n) is 2.90. The van der Waals surface area contributed by atoms with Gasteiger partial charge in [-0.05, 0) is 12.1 Å². The molecule has 0 fully saturated rings. The zero-order valence-corrected chi connectivity index (χ0v) is 13.7. The molecule has 1 aromatic heterocycles. The first-order valence-electron chi connectivity index (χ1n) is 7.40. The molecule has 1 aromatic carbocycles. The number of aliphatic hydroxyl groups excluding tert-OH is 1. The van der Waals surface area contributed by atoms with Crippen molar-refractivity contribution >= 4 is 17.5 Å². The van der Waals surface area contributed by atoms with E-state index in [-0.39, 0.29) is 24.0 Å². The predicted octanol–water partition coefficient (Wildman–Crippen LogP) is 1.04. The van der Waals surface area contributed by atoms with E-state index in [0.717, 1.165) is 11.8 Å². The van der Waals surface area contributed by atoms with Gasteiger partial charge in [0.2, 0.25) is 11.8 Å². The normalized spacial score (nSPS) is 16.3. The second-order valence-electron chi connectivity index (χ2n) is 5.46. The molecule has 1 aliphatic rings. The Morgan fingerprint density at radius 3 is 2.64 bits per heavy atom. The summed E-state index contributed by atoms with van der Waals surface area (Å²) in [7, 11) is 3.06. The van der Waals surface area contributed by atoms with Crippen LogP contribution in [0.4, 0.5) is 17.5 Å². The van der Waals surface area contributed by atoms with Crippen molar-refractivity contribution in [3.05, 3.63) is 39.6 Å². The summed E-state index contributed by atoms with van der Waals surface area (Å²) in [5.74, 6) is 1.12. The number of fused-ring (bicyclic) bond motifs is 1. The number of hydrogen-bond donors (Lipinski definition) is 2. The zero-order chi connectivity index (χ0) is 18.1. The van der Waals surface area contributed by atoms with E-state index in [1.165, 1.54) is 14.2 Å². The first kappa shape index (κ1) is 16.7. The molecular weight excluding hydrogens is 330 g/mol. The lowest BCUT2D eigenvalue weighted by molar-refractivity contribution is -0.384. The van der Waals surface area contributed by atoms with Crippen LogP contribution in [0.25, 0.3) is 0 Å². The maximum absolute atomic E-state index is 10.8. The number of aromatic nitrogens is 2. The highest BCUT2D eigenvalue weighted by molar-refractivity contribution is 5.57. The number of nitrogens with zero attached hydrogens (tertiary/aromatic N) is 4. The number of rotatable bonds is 4. The van der Waals surface area contributed by atoms with Crippen molar-refractivity contribution in [3.8, 4) is 11.5 Å². The fourth-order valence-corrected chi connectivity index (χ4v) is 2.90. The van der Waals surface area contributed by atoms with E-state index in [0.29, 0.717) is 23.6 Å². The SMILES string of the molecule is COc1ccc(OC)c2c1CN(c1ncc([N+](=O)[O-])c(N)n1)C[C@@H]2O. The number of ether oxygens (including phenoxy) is 2. The third-order valence-corrected chi connectivity index (χ3v) is 4.05. The topological polar surface area (TPSA) is 137 Å². The lowest BCUT2D eigenvalue weighted by atomic mass is 9.95. The van der Waals surface area contributed by atoms with E-state index >= 15 is 0 Å². The molecule has 0 saturated carbocycles. The molecule has 3 N–H and O–H groups in total. The molecule has 3 rings (SSSR count). The van der Waals surface area contributed by atoms with E-state index < -0.39 is 11.0 Å². The van der Waals surface area contributed by atoms with Crippen LogP contribution in [0.15, 0.2) is 18.3 Å². The Bertz CT molecular complexity index is 828. The molecule has 0 aliphatic carbocycles. The van der Waals surface area contributed by atoms with Gasteiger partial charge in [-0.2, -0.15) is 4.98 Å². The van der Waals surface area contributed by atoms with E-state index in [1.807, 2.05) is 0 Å². The largest absolute Gasteiger partial charge is 0.496 e. The number of β-amino-alcohol motifs (C(OH)–C–C–N with tert-alkyl or cyclic N) is 1. The fraction of sp³-hybridized carbons (Fsp3) is 0.333. The van der Waals surface area contributed by atoms with Gasteiger partial charge in [-0.15, -0.1) is 0 Å². The Balaban J connectivity index is 2.01. The average Bonchev–Trinajstić information content (AvgIpc) is 2.60. The van der Waals surface area contributed by atoms with Crippen molar-refractivity contribution in [3.63, 3.8) is 0 Å². The average molecular weight is 347 g/mol. The van der Waals surface area contributed by atoms with Gasteiger partial charge in [0.25, 0.3) is 0 Å². The molecule has 0 bridgehead atoms. The van der Waals surface area contributed by atoms with Gasteiger partial charge in [-0.3, -0.25) is 10.1 Å². The van der Waals surface area contributed by atoms with E-state index in [4.69, 9.17) is 15.2 Å². The summed E-state index contributed by atoms with van der Waals surface area (Å²) in [6, 6.07) is 3.48. The molecule has 25 heavy (non-hydrogen) atoms. The Labute approximate surface area is 143 Å². The van der Waals surface area contributed by atoms with Crippen LogP contribution in [0.2, 0.25) is 0 Å². The molecule has 0 saturated heterocycles. The predicted molar refractivity (Wildman–Crippen MR) is 88.7 cm³/mol.